The van der Waals surface area contributed by atoms with Gasteiger partial charge in [0.15, 0.2) is 4.90 Å². The van der Waals surface area contributed by atoms with E-state index < -0.39 is 25.2 Å². The van der Waals surface area contributed by atoms with E-state index in [1.165, 1.54) is 0 Å². The summed E-state index contributed by atoms with van der Waals surface area (Å²) in [6, 6.07) is 0. The lowest BCUT2D eigenvalue weighted by Crippen LogP contribution is -2.34. The van der Waals surface area contributed by atoms with Gasteiger partial charge in [0.1, 0.15) is 0 Å². The van der Waals surface area contributed by atoms with E-state index in [9.17, 15) is 18.0 Å². The first kappa shape index (κ1) is 14.3. The molecular weight excluding hydrogens is 296 g/mol. The van der Waals surface area contributed by atoms with Crippen LogP contribution in [0.4, 0.5) is 0 Å². The Kier molecular flexibility index (Phi) is 3.84. The van der Waals surface area contributed by atoms with Gasteiger partial charge in [0.25, 0.3) is 14.6 Å². The van der Waals surface area contributed by atoms with Crippen LogP contribution in [0.25, 0.3) is 0 Å². The van der Waals surface area contributed by atoms with Crippen LogP contribution in [0.3, 0.4) is 0 Å². The van der Waals surface area contributed by atoms with Crippen LogP contribution in [0.1, 0.15) is 19.8 Å². The molecule has 0 aliphatic carbocycles. The smallest absolute Gasteiger partial charge is 0.328 e. The van der Waals surface area contributed by atoms with Crippen molar-refractivity contribution < 1.29 is 13.2 Å². The van der Waals surface area contributed by atoms with Gasteiger partial charge in [0.2, 0.25) is 0 Å². The Morgan fingerprint density at radius 1 is 1.47 bits per heavy atom. The molecule has 1 saturated heterocycles. The maximum absolute atomic E-state index is 11.6. The maximum Gasteiger partial charge on any atom is 0.328 e. The van der Waals surface area contributed by atoms with Gasteiger partial charge in [-0.2, -0.15) is 0 Å². The molecule has 1 aromatic rings. The Morgan fingerprint density at radius 2 is 2.16 bits per heavy atom. The van der Waals surface area contributed by atoms with E-state index >= 15 is 0 Å². The van der Waals surface area contributed by atoms with Gasteiger partial charge in [-0.05, 0) is 19.8 Å². The number of aromatic nitrogens is 2. The van der Waals surface area contributed by atoms with Crippen molar-refractivity contribution in [3.05, 3.63) is 27.0 Å². The zero-order valence-electron chi connectivity index (χ0n) is 10.1. The van der Waals surface area contributed by atoms with Crippen molar-refractivity contribution in [1.29, 1.82) is 0 Å². The van der Waals surface area contributed by atoms with Gasteiger partial charge in [-0.15, -0.1) is 0 Å². The van der Waals surface area contributed by atoms with Gasteiger partial charge in [0.05, 0.1) is 18.8 Å². The normalized spacial score (nSPS) is 23.7. The molecule has 1 aliphatic rings. The lowest BCUT2D eigenvalue weighted by Gasteiger charge is -2.13. The molecule has 1 fully saturated rings. The van der Waals surface area contributed by atoms with E-state index in [1.54, 1.807) is 0 Å². The summed E-state index contributed by atoms with van der Waals surface area (Å²) in [5, 5.41) is 0. The van der Waals surface area contributed by atoms with Crippen LogP contribution in [-0.2, 0) is 20.3 Å². The Hall–Kier alpha value is -1.12. The highest BCUT2D eigenvalue weighted by atomic mass is 35.7. The first-order chi connectivity index (χ1) is 8.77. The number of rotatable bonds is 3. The van der Waals surface area contributed by atoms with Crippen LogP contribution in [0, 0.1) is 0 Å². The second-order valence-electron chi connectivity index (χ2n) is 4.49. The number of hydrogen-bond donors (Lipinski definition) is 1. The van der Waals surface area contributed by atoms with Crippen LogP contribution in [-0.4, -0.2) is 30.2 Å². The van der Waals surface area contributed by atoms with Gasteiger partial charge in [-0.1, -0.05) is 0 Å². The lowest BCUT2D eigenvalue weighted by molar-refractivity contribution is 0.0448. The molecule has 0 radical (unpaired) electrons. The largest absolute Gasteiger partial charge is 0.373 e. The fourth-order valence-corrected chi connectivity index (χ4v) is 2.89. The molecule has 9 heteroatoms. The van der Waals surface area contributed by atoms with E-state index in [0.717, 1.165) is 23.6 Å². The highest BCUT2D eigenvalue weighted by molar-refractivity contribution is 8.13. The van der Waals surface area contributed by atoms with Gasteiger partial charge in [0, 0.05) is 16.9 Å². The molecule has 1 aromatic heterocycles. The van der Waals surface area contributed by atoms with Crippen molar-refractivity contribution in [2.75, 3.05) is 0 Å². The number of ether oxygens (including phenoxy) is 1. The molecule has 0 saturated carbocycles. The molecule has 2 atom stereocenters. The third-order valence-electron chi connectivity index (χ3n) is 2.96. The summed E-state index contributed by atoms with van der Waals surface area (Å²) < 4.78 is 29.0. The molecule has 0 aromatic carbocycles. The molecule has 0 bridgehead atoms. The number of nitrogens with one attached hydrogen (secondary N) is 1. The minimum atomic E-state index is -4.19. The van der Waals surface area contributed by atoms with Crippen LogP contribution in [0.2, 0.25) is 0 Å². The van der Waals surface area contributed by atoms with Crippen LogP contribution in [0.5, 0.6) is 0 Å². The summed E-state index contributed by atoms with van der Waals surface area (Å²) in [6.07, 6.45) is 2.54. The SMILES string of the molecule is CC1CCC(Cn2cc(S(=O)(=O)Cl)c(=O)[nH]c2=O)O1. The summed E-state index contributed by atoms with van der Waals surface area (Å²) in [5.74, 6) is 0. The molecular formula is C10H13ClN2O5S. The third kappa shape index (κ3) is 3.26. The van der Waals surface area contributed by atoms with Crippen LogP contribution in [0.15, 0.2) is 20.7 Å². The van der Waals surface area contributed by atoms with E-state index in [4.69, 9.17) is 15.4 Å². The highest BCUT2D eigenvalue weighted by Crippen LogP contribution is 2.20. The molecule has 106 valence electrons. The zero-order chi connectivity index (χ0) is 14.2. The Labute approximate surface area is 113 Å². The first-order valence-electron chi connectivity index (χ1n) is 5.71. The van der Waals surface area contributed by atoms with Crippen molar-refractivity contribution in [3.63, 3.8) is 0 Å². The maximum atomic E-state index is 11.6. The van der Waals surface area contributed by atoms with Crippen molar-refractivity contribution >= 4 is 19.7 Å². The van der Waals surface area contributed by atoms with Gasteiger partial charge >= 0.3 is 5.69 Å². The minimum absolute atomic E-state index is 0.111. The summed E-state index contributed by atoms with van der Waals surface area (Å²) in [5.41, 5.74) is -1.70. The van der Waals surface area contributed by atoms with Gasteiger partial charge in [-0.3, -0.25) is 14.3 Å². The quantitative estimate of drug-likeness (QED) is 0.794. The van der Waals surface area contributed by atoms with Crippen molar-refractivity contribution in [3.8, 4) is 0 Å². The second kappa shape index (κ2) is 5.10. The minimum Gasteiger partial charge on any atom is -0.373 e. The van der Waals surface area contributed by atoms with Gasteiger partial charge in [-0.25, -0.2) is 13.2 Å². The topological polar surface area (TPSA) is 98.2 Å². The zero-order valence-corrected chi connectivity index (χ0v) is 11.7. The second-order valence-corrected chi connectivity index (χ2v) is 7.02. The molecule has 2 unspecified atom stereocenters. The van der Waals surface area contributed by atoms with Gasteiger partial charge < -0.3 is 4.74 Å². The Morgan fingerprint density at radius 3 is 2.68 bits per heavy atom. The standard InChI is InChI=1S/C10H13ClN2O5S/c1-6-2-3-7(18-6)4-13-5-8(19(11,16)17)9(14)12-10(13)15/h5-7H,2-4H2,1H3,(H,12,14,15). The fraction of sp³-hybridized carbons (Fsp3) is 0.600. The number of nitrogens with zero attached hydrogens (tertiary/aromatic N) is 1. The molecule has 2 heterocycles. The summed E-state index contributed by atoms with van der Waals surface area (Å²) >= 11 is 0. The molecule has 1 aliphatic heterocycles. The number of H-pyrrole nitrogens is 1. The molecule has 7 nitrogen and oxygen atoms in total. The summed E-state index contributed by atoms with van der Waals surface area (Å²) in [4.78, 5) is 24.3. The predicted molar refractivity (Wildman–Crippen MR) is 67.9 cm³/mol. The van der Waals surface area contributed by atoms with E-state index in [1.807, 2.05) is 11.9 Å². The average molecular weight is 309 g/mol. The van der Waals surface area contributed by atoms with Crippen molar-refractivity contribution in [1.82, 2.24) is 9.55 Å². The lowest BCUT2D eigenvalue weighted by atomic mass is 10.2. The van der Waals surface area contributed by atoms with Crippen molar-refractivity contribution in [2.45, 2.75) is 43.4 Å². The highest BCUT2D eigenvalue weighted by Gasteiger charge is 2.24. The number of aromatic amines is 1. The monoisotopic (exact) mass is 308 g/mol. The van der Waals surface area contributed by atoms with E-state index in [2.05, 4.69) is 0 Å². The Bertz CT molecular complexity index is 693. The molecule has 2 rings (SSSR count). The average Bonchev–Trinajstić information content (AvgIpc) is 2.66. The van der Waals surface area contributed by atoms with Crippen LogP contribution >= 0.6 is 10.7 Å². The van der Waals surface area contributed by atoms with E-state index in [-0.39, 0.29) is 18.8 Å². The first-order valence-corrected chi connectivity index (χ1v) is 8.02. The number of halogens is 1. The predicted octanol–water partition coefficient (Wildman–Crippen LogP) is 0.0316. The molecule has 0 amide bonds. The molecule has 19 heavy (non-hydrogen) atoms. The Balaban J connectivity index is 2.36. The fourth-order valence-electron chi connectivity index (χ4n) is 2.04. The third-order valence-corrected chi connectivity index (χ3v) is 4.28. The summed E-state index contributed by atoms with van der Waals surface area (Å²) in [6.45, 7) is 2.10. The number of hydrogen-bond acceptors (Lipinski definition) is 5. The molecule has 0 spiro atoms. The van der Waals surface area contributed by atoms with Crippen molar-refractivity contribution in [2.24, 2.45) is 0 Å². The molecule has 1 N–H and O–H groups in total. The van der Waals surface area contributed by atoms with Crippen LogP contribution < -0.4 is 11.2 Å². The van der Waals surface area contributed by atoms with E-state index in [0.29, 0.717) is 0 Å². The summed E-state index contributed by atoms with van der Waals surface area (Å²) in [7, 11) is 0.944.